The molecule has 1 aromatic carbocycles. The fraction of sp³-hybridized carbons (Fsp3) is 0.562. The van der Waals surface area contributed by atoms with Gasteiger partial charge in [0.2, 0.25) is 5.91 Å². The molecule has 1 aliphatic rings. The smallest absolute Gasteiger partial charge is 0.237 e. The quantitative estimate of drug-likeness (QED) is 0.834. The Balaban J connectivity index is 1.97. The number of amides is 1. The molecule has 3 nitrogen and oxygen atoms in total. The second kappa shape index (κ2) is 7.14. The van der Waals surface area contributed by atoms with Crippen molar-refractivity contribution in [2.45, 2.75) is 44.6 Å². The van der Waals surface area contributed by atoms with E-state index in [0.717, 1.165) is 18.7 Å². The zero-order chi connectivity index (χ0) is 14.5. The number of rotatable bonds is 5. The number of hydrogen-bond donors (Lipinski definition) is 0. The third-order valence-electron chi connectivity index (χ3n) is 3.55. The molecule has 1 aliphatic heterocycles. The van der Waals surface area contributed by atoms with Crippen molar-refractivity contribution in [2.75, 3.05) is 17.3 Å². The number of benzene rings is 1. The van der Waals surface area contributed by atoms with Crippen LogP contribution in [0.1, 0.15) is 27.2 Å². The van der Waals surface area contributed by atoms with Crippen molar-refractivity contribution in [3.8, 4) is 0 Å². The number of hydrogen-bond acceptors (Lipinski definition) is 3. The van der Waals surface area contributed by atoms with Crippen molar-refractivity contribution in [3.05, 3.63) is 30.3 Å². The van der Waals surface area contributed by atoms with Crippen LogP contribution in [0.15, 0.2) is 30.3 Å². The Labute approximate surface area is 125 Å². The third kappa shape index (κ3) is 3.76. The minimum Gasteiger partial charge on any atom is -0.377 e. The van der Waals surface area contributed by atoms with Crippen LogP contribution in [0, 0.1) is 0 Å². The van der Waals surface area contributed by atoms with Crippen LogP contribution in [-0.2, 0) is 9.53 Å². The van der Waals surface area contributed by atoms with Crippen molar-refractivity contribution in [2.24, 2.45) is 0 Å². The van der Waals surface area contributed by atoms with E-state index >= 15 is 0 Å². The lowest BCUT2D eigenvalue weighted by Crippen LogP contribution is -2.38. The summed E-state index contributed by atoms with van der Waals surface area (Å²) in [6.07, 6.45) is 1.31. The molecule has 0 spiro atoms. The topological polar surface area (TPSA) is 29.5 Å². The number of para-hydroxylation sites is 1. The van der Waals surface area contributed by atoms with E-state index in [-0.39, 0.29) is 18.1 Å². The number of ether oxygens (including phenoxy) is 1. The van der Waals surface area contributed by atoms with Crippen LogP contribution in [0.5, 0.6) is 0 Å². The molecule has 20 heavy (non-hydrogen) atoms. The summed E-state index contributed by atoms with van der Waals surface area (Å²) in [5.41, 5.74) is 0.976. The number of nitrogens with zero attached hydrogens (tertiary/aromatic N) is 1. The molecule has 0 aliphatic carbocycles. The minimum atomic E-state index is 0.169. The van der Waals surface area contributed by atoms with E-state index in [4.69, 9.17) is 4.74 Å². The zero-order valence-corrected chi connectivity index (χ0v) is 13.2. The highest BCUT2D eigenvalue weighted by molar-refractivity contribution is 8.00. The first kappa shape index (κ1) is 15.4. The molecule has 0 saturated carbocycles. The molecule has 0 unspecified atom stereocenters. The van der Waals surface area contributed by atoms with E-state index in [1.807, 2.05) is 35.2 Å². The Hall–Kier alpha value is -1.00. The summed E-state index contributed by atoms with van der Waals surface area (Å²) in [6, 6.07) is 10.1. The first-order chi connectivity index (χ1) is 9.59. The van der Waals surface area contributed by atoms with Gasteiger partial charge in [-0.3, -0.25) is 4.79 Å². The molecule has 0 N–H and O–H groups in total. The van der Waals surface area contributed by atoms with Crippen molar-refractivity contribution in [1.82, 2.24) is 0 Å². The lowest BCUT2D eigenvalue weighted by Gasteiger charge is -2.27. The molecule has 0 bridgehead atoms. The predicted molar refractivity (Wildman–Crippen MR) is 85.3 cm³/mol. The number of anilines is 1. The van der Waals surface area contributed by atoms with Gasteiger partial charge >= 0.3 is 0 Å². The van der Waals surface area contributed by atoms with Crippen LogP contribution < -0.4 is 4.90 Å². The average Bonchev–Trinajstić information content (AvgIpc) is 2.83. The van der Waals surface area contributed by atoms with Gasteiger partial charge in [-0.1, -0.05) is 18.2 Å². The van der Waals surface area contributed by atoms with Gasteiger partial charge in [0.15, 0.2) is 0 Å². The standard InChI is InChI=1S/C16H23NO2S/c1-12(2)17(14-7-5-4-6-8-14)16(18)11-20-15-9-10-19-13(15)3/h4-8,12-13,15H,9-11H2,1-3H3/t13-,15+/m1/s1. The van der Waals surface area contributed by atoms with Gasteiger partial charge in [-0.2, -0.15) is 0 Å². The summed E-state index contributed by atoms with van der Waals surface area (Å²) < 4.78 is 5.54. The SMILES string of the molecule is CC(C)N(C(=O)CS[C@H]1CCO[C@@H]1C)c1ccccc1. The van der Waals surface area contributed by atoms with Crippen molar-refractivity contribution < 1.29 is 9.53 Å². The monoisotopic (exact) mass is 293 g/mol. The van der Waals surface area contributed by atoms with Gasteiger partial charge < -0.3 is 9.64 Å². The molecule has 2 rings (SSSR count). The summed E-state index contributed by atoms with van der Waals surface area (Å²) in [5, 5.41) is 0.448. The molecule has 1 amide bonds. The Morgan fingerprint density at radius 3 is 2.65 bits per heavy atom. The summed E-state index contributed by atoms with van der Waals surface area (Å²) in [6.45, 7) is 7.01. The second-order valence-electron chi connectivity index (χ2n) is 5.41. The van der Waals surface area contributed by atoms with Gasteiger partial charge in [-0.15, -0.1) is 11.8 Å². The number of thioether (sulfide) groups is 1. The van der Waals surface area contributed by atoms with Gasteiger partial charge in [0.05, 0.1) is 11.9 Å². The fourth-order valence-corrected chi connectivity index (χ4v) is 3.61. The first-order valence-electron chi connectivity index (χ1n) is 7.20. The van der Waals surface area contributed by atoms with E-state index < -0.39 is 0 Å². The van der Waals surface area contributed by atoms with Crippen LogP contribution in [0.25, 0.3) is 0 Å². The summed E-state index contributed by atoms with van der Waals surface area (Å²) >= 11 is 1.72. The molecule has 2 atom stereocenters. The van der Waals surface area contributed by atoms with Gasteiger partial charge in [0.25, 0.3) is 0 Å². The molecular formula is C16H23NO2S. The third-order valence-corrected chi connectivity index (χ3v) is 5.01. The molecule has 0 aromatic heterocycles. The van der Waals surface area contributed by atoms with E-state index in [0.29, 0.717) is 11.0 Å². The highest BCUT2D eigenvalue weighted by atomic mass is 32.2. The van der Waals surface area contributed by atoms with Crippen LogP contribution in [0.3, 0.4) is 0 Å². The zero-order valence-electron chi connectivity index (χ0n) is 12.4. The maximum absolute atomic E-state index is 12.5. The van der Waals surface area contributed by atoms with Crippen molar-refractivity contribution in [1.29, 1.82) is 0 Å². The molecular weight excluding hydrogens is 270 g/mol. The molecule has 1 fully saturated rings. The average molecular weight is 293 g/mol. The molecule has 1 saturated heterocycles. The number of carbonyl (C=O) groups is 1. The molecule has 110 valence electrons. The van der Waals surface area contributed by atoms with Gasteiger partial charge in [0, 0.05) is 23.6 Å². The lowest BCUT2D eigenvalue weighted by molar-refractivity contribution is -0.116. The van der Waals surface area contributed by atoms with Crippen LogP contribution in [0.4, 0.5) is 5.69 Å². The summed E-state index contributed by atoms with van der Waals surface area (Å²) in [7, 11) is 0. The van der Waals surface area contributed by atoms with Gasteiger partial charge in [-0.25, -0.2) is 0 Å². The highest BCUT2D eigenvalue weighted by Gasteiger charge is 2.27. The minimum absolute atomic E-state index is 0.169. The Bertz CT molecular complexity index is 435. The van der Waals surface area contributed by atoms with E-state index in [1.165, 1.54) is 0 Å². The Morgan fingerprint density at radius 2 is 2.10 bits per heavy atom. The fourth-order valence-electron chi connectivity index (χ4n) is 2.50. The Kier molecular flexibility index (Phi) is 5.49. The highest BCUT2D eigenvalue weighted by Crippen LogP contribution is 2.27. The second-order valence-corrected chi connectivity index (χ2v) is 6.63. The Morgan fingerprint density at radius 1 is 1.40 bits per heavy atom. The molecule has 0 radical (unpaired) electrons. The summed E-state index contributed by atoms with van der Waals surface area (Å²) in [5.74, 6) is 0.695. The molecule has 1 heterocycles. The lowest BCUT2D eigenvalue weighted by atomic mass is 10.2. The van der Waals surface area contributed by atoms with E-state index in [1.54, 1.807) is 11.8 Å². The number of carbonyl (C=O) groups excluding carboxylic acids is 1. The van der Waals surface area contributed by atoms with E-state index in [2.05, 4.69) is 20.8 Å². The maximum Gasteiger partial charge on any atom is 0.237 e. The van der Waals surface area contributed by atoms with Gasteiger partial charge in [0.1, 0.15) is 0 Å². The van der Waals surface area contributed by atoms with Gasteiger partial charge in [-0.05, 0) is 39.3 Å². The first-order valence-corrected chi connectivity index (χ1v) is 8.24. The van der Waals surface area contributed by atoms with Crippen LogP contribution in [-0.4, -0.2) is 35.7 Å². The predicted octanol–water partition coefficient (Wildman–Crippen LogP) is 3.34. The van der Waals surface area contributed by atoms with Crippen molar-refractivity contribution in [3.63, 3.8) is 0 Å². The molecule has 4 heteroatoms. The van der Waals surface area contributed by atoms with Crippen LogP contribution in [0.2, 0.25) is 0 Å². The maximum atomic E-state index is 12.5. The van der Waals surface area contributed by atoms with Crippen LogP contribution >= 0.6 is 11.8 Å². The molecule has 1 aromatic rings. The summed E-state index contributed by atoms with van der Waals surface area (Å²) in [4.78, 5) is 14.4. The normalized spacial score (nSPS) is 22.2. The van der Waals surface area contributed by atoms with E-state index in [9.17, 15) is 4.79 Å². The van der Waals surface area contributed by atoms with Crippen molar-refractivity contribution >= 4 is 23.4 Å². The largest absolute Gasteiger partial charge is 0.377 e.